The van der Waals surface area contributed by atoms with Crippen LogP contribution in [-0.2, 0) is 0 Å². The normalized spacial score (nSPS) is 29.1. The second-order valence-corrected chi connectivity index (χ2v) is 5.63. The third kappa shape index (κ3) is 2.24. The second kappa shape index (κ2) is 4.88. The molecule has 0 aliphatic carbocycles. The number of fused-ring (bicyclic) bond motifs is 1. The van der Waals surface area contributed by atoms with E-state index < -0.39 is 0 Å². The van der Waals surface area contributed by atoms with Gasteiger partial charge in [-0.2, -0.15) is 0 Å². The van der Waals surface area contributed by atoms with Crippen LogP contribution in [0, 0.1) is 5.82 Å². The highest BCUT2D eigenvalue weighted by molar-refractivity contribution is 5.48. The molecule has 2 heterocycles. The van der Waals surface area contributed by atoms with Crippen molar-refractivity contribution in [2.75, 3.05) is 24.5 Å². The van der Waals surface area contributed by atoms with Crippen molar-refractivity contribution in [1.82, 2.24) is 4.90 Å². The lowest BCUT2D eigenvalue weighted by atomic mass is 9.96. The molecule has 2 fully saturated rings. The number of halogens is 1. The van der Waals surface area contributed by atoms with Gasteiger partial charge in [-0.3, -0.25) is 4.90 Å². The van der Waals surface area contributed by atoms with Gasteiger partial charge in [0, 0.05) is 30.9 Å². The molecule has 2 aliphatic heterocycles. The lowest BCUT2D eigenvalue weighted by Gasteiger charge is -2.48. The molecule has 3 rings (SSSR count). The van der Waals surface area contributed by atoms with Crippen molar-refractivity contribution in [2.45, 2.75) is 38.3 Å². The zero-order valence-electron chi connectivity index (χ0n) is 11.0. The lowest BCUT2D eigenvalue weighted by Crippen LogP contribution is -2.58. The maximum absolute atomic E-state index is 13.3. The molecular weight excluding hydrogens is 227 g/mol. The number of anilines is 1. The highest BCUT2D eigenvalue weighted by Crippen LogP contribution is 2.28. The third-order valence-electron chi connectivity index (χ3n) is 4.33. The van der Waals surface area contributed by atoms with Gasteiger partial charge in [-0.15, -0.1) is 0 Å². The first kappa shape index (κ1) is 12.0. The van der Waals surface area contributed by atoms with Crippen LogP contribution in [0.3, 0.4) is 0 Å². The molecule has 2 saturated heterocycles. The Balaban J connectivity index is 1.80. The van der Waals surface area contributed by atoms with Crippen LogP contribution in [0.2, 0.25) is 0 Å². The van der Waals surface area contributed by atoms with E-state index in [0.29, 0.717) is 12.1 Å². The fraction of sp³-hybridized carbons (Fsp3) is 0.600. The Labute approximate surface area is 108 Å². The van der Waals surface area contributed by atoms with Crippen molar-refractivity contribution in [3.05, 3.63) is 30.1 Å². The standard InChI is InChI=1S/C15H21FN2/c1-12-10-17-8-3-2-6-15(17)11-18(12)14-7-4-5-13(16)9-14/h4-5,7,9,12,15H,2-3,6,8,10-11H2,1H3. The molecule has 18 heavy (non-hydrogen) atoms. The van der Waals surface area contributed by atoms with Crippen molar-refractivity contribution >= 4 is 5.69 Å². The van der Waals surface area contributed by atoms with E-state index in [1.807, 2.05) is 12.1 Å². The minimum Gasteiger partial charge on any atom is -0.366 e. The Hall–Kier alpha value is -1.09. The van der Waals surface area contributed by atoms with Gasteiger partial charge in [-0.1, -0.05) is 12.5 Å². The van der Waals surface area contributed by atoms with Crippen molar-refractivity contribution < 1.29 is 4.39 Å². The molecule has 0 saturated carbocycles. The Morgan fingerprint density at radius 3 is 2.94 bits per heavy atom. The number of piperidine rings is 1. The Morgan fingerprint density at radius 1 is 1.22 bits per heavy atom. The van der Waals surface area contributed by atoms with Crippen LogP contribution in [0.25, 0.3) is 0 Å². The Bertz CT molecular complexity index is 421. The van der Waals surface area contributed by atoms with Crippen LogP contribution >= 0.6 is 0 Å². The average Bonchev–Trinajstić information content (AvgIpc) is 2.38. The first-order valence-corrected chi connectivity index (χ1v) is 7.00. The van der Waals surface area contributed by atoms with E-state index in [9.17, 15) is 4.39 Å². The quantitative estimate of drug-likeness (QED) is 0.754. The van der Waals surface area contributed by atoms with Crippen LogP contribution in [0.1, 0.15) is 26.2 Å². The summed E-state index contributed by atoms with van der Waals surface area (Å²) in [5.74, 6) is -0.134. The summed E-state index contributed by atoms with van der Waals surface area (Å²) in [5, 5.41) is 0. The first-order chi connectivity index (χ1) is 8.74. The van der Waals surface area contributed by atoms with Crippen LogP contribution < -0.4 is 4.90 Å². The third-order valence-corrected chi connectivity index (χ3v) is 4.33. The molecule has 0 aromatic heterocycles. The summed E-state index contributed by atoms with van der Waals surface area (Å²) in [6.07, 6.45) is 3.97. The fourth-order valence-corrected chi connectivity index (χ4v) is 3.37. The lowest BCUT2D eigenvalue weighted by molar-refractivity contribution is 0.115. The summed E-state index contributed by atoms with van der Waals surface area (Å²) >= 11 is 0. The minimum atomic E-state index is -0.134. The van der Waals surface area contributed by atoms with E-state index in [4.69, 9.17) is 0 Å². The number of hydrogen-bond donors (Lipinski definition) is 0. The SMILES string of the molecule is CC1CN2CCCCC2CN1c1cccc(F)c1. The molecule has 0 radical (unpaired) electrons. The van der Waals surface area contributed by atoms with Crippen LogP contribution in [0.15, 0.2) is 24.3 Å². The average molecular weight is 248 g/mol. The summed E-state index contributed by atoms with van der Waals surface area (Å²) < 4.78 is 13.3. The first-order valence-electron chi connectivity index (χ1n) is 7.00. The monoisotopic (exact) mass is 248 g/mol. The van der Waals surface area contributed by atoms with Crippen molar-refractivity contribution in [1.29, 1.82) is 0 Å². The number of rotatable bonds is 1. The summed E-state index contributed by atoms with van der Waals surface area (Å²) in [7, 11) is 0. The molecule has 2 atom stereocenters. The zero-order chi connectivity index (χ0) is 12.5. The molecule has 2 unspecified atom stereocenters. The summed E-state index contributed by atoms with van der Waals surface area (Å²) in [4.78, 5) is 4.99. The number of piperazine rings is 1. The summed E-state index contributed by atoms with van der Waals surface area (Å²) in [6, 6.07) is 8.15. The maximum Gasteiger partial charge on any atom is 0.125 e. The van der Waals surface area contributed by atoms with Gasteiger partial charge in [0.05, 0.1) is 0 Å². The Morgan fingerprint density at radius 2 is 2.11 bits per heavy atom. The van der Waals surface area contributed by atoms with Crippen molar-refractivity contribution in [2.24, 2.45) is 0 Å². The van der Waals surface area contributed by atoms with E-state index >= 15 is 0 Å². The largest absolute Gasteiger partial charge is 0.366 e. The summed E-state index contributed by atoms with van der Waals surface area (Å²) in [6.45, 7) is 5.65. The maximum atomic E-state index is 13.3. The fourth-order valence-electron chi connectivity index (χ4n) is 3.37. The molecule has 1 aromatic carbocycles. The van der Waals surface area contributed by atoms with Gasteiger partial charge >= 0.3 is 0 Å². The number of hydrogen-bond acceptors (Lipinski definition) is 2. The van der Waals surface area contributed by atoms with Gasteiger partial charge in [-0.25, -0.2) is 4.39 Å². The molecule has 0 amide bonds. The smallest absolute Gasteiger partial charge is 0.125 e. The van der Waals surface area contributed by atoms with E-state index in [0.717, 1.165) is 18.8 Å². The molecule has 0 N–H and O–H groups in total. The van der Waals surface area contributed by atoms with E-state index in [1.165, 1.54) is 31.9 Å². The number of benzene rings is 1. The Kier molecular flexibility index (Phi) is 3.25. The predicted octanol–water partition coefficient (Wildman–Crippen LogP) is 2.89. The van der Waals surface area contributed by atoms with Crippen molar-refractivity contribution in [3.63, 3.8) is 0 Å². The minimum absolute atomic E-state index is 0.134. The second-order valence-electron chi connectivity index (χ2n) is 5.63. The van der Waals surface area contributed by atoms with Gasteiger partial charge in [0.2, 0.25) is 0 Å². The van der Waals surface area contributed by atoms with E-state index in [2.05, 4.69) is 16.7 Å². The molecule has 2 aliphatic rings. The molecule has 0 spiro atoms. The molecule has 2 nitrogen and oxygen atoms in total. The highest BCUT2D eigenvalue weighted by atomic mass is 19.1. The zero-order valence-corrected chi connectivity index (χ0v) is 11.0. The van der Waals surface area contributed by atoms with Gasteiger partial charge in [-0.05, 0) is 44.5 Å². The molecule has 0 bridgehead atoms. The van der Waals surface area contributed by atoms with Crippen LogP contribution in [0.4, 0.5) is 10.1 Å². The van der Waals surface area contributed by atoms with E-state index in [-0.39, 0.29) is 5.82 Å². The van der Waals surface area contributed by atoms with Gasteiger partial charge in [0.25, 0.3) is 0 Å². The molecule has 3 heteroatoms. The van der Waals surface area contributed by atoms with Crippen molar-refractivity contribution in [3.8, 4) is 0 Å². The van der Waals surface area contributed by atoms with Crippen LogP contribution in [0.5, 0.6) is 0 Å². The summed E-state index contributed by atoms with van der Waals surface area (Å²) in [5.41, 5.74) is 1.03. The van der Waals surface area contributed by atoms with Gasteiger partial charge in [0.15, 0.2) is 0 Å². The topological polar surface area (TPSA) is 6.48 Å². The molecular formula is C15H21FN2. The molecule has 98 valence electrons. The highest BCUT2D eigenvalue weighted by Gasteiger charge is 2.32. The predicted molar refractivity (Wildman–Crippen MR) is 72.4 cm³/mol. The van der Waals surface area contributed by atoms with Gasteiger partial charge in [0.1, 0.15) is 5.82 Å². The molecule has 1 aromatic rings. The van der Waals surface area contributed by atoms with Gasteiger partial charge < -0.3 is 4.90 Å². The van der Waals surface area contributed by atoms with E-state index in [1.54, 1.807) is 6.07 Å². The van der Waals surface area contributed by atoms with Crippen LogP contribution in [-0.4, -0.2) is 36.6 Å². The number of nitrogens with zero attached hydrogens (tertiary/aromatic N) is 2.